The van der Waals surface area contributed by atoms with E-state index < -0.39 is 5.97 Å². The molecule has 0 aromatic rings. The van der Waals surface area contributed by atoms with Crippen molar-refractivity contribution >= 4 is 5.97 Å². The molecule has 1 saturated heterocycles. The molecule has 15 heavy (non-hydrogen) atoms. The molecule has 0 saturated carbocycles. The summed E-state index contributed by atoms with van der Waals surface area (Å²) in [5.41, 5.74) is 0. The molecule has 1 aliphatic rings. The molecular formula is C12H23NO2. The first kappa shape index (κ1) is 12.5. The topological polar surface area (TPSA) is 40.5 Å². The van der Waals surface area contributed by atoms with Crippen LogP contribution in [-0.4, -0.2) is 34.6 Å². The van der Waals surface area contributed by atoms with Crippen LogP contribution in [0.15, 0.2) is 0 Å². The van der Waals surface area contributed by atoms with E-state index in [1.54, 1.807) is 0 Å². The Hall–Kier alpha value is -0.570. The zero-order valence-corrected chi connectivity index (χ0v) is 9.91. The molecule has 1 N–H and O–H groups in total. The average Bonchev–Trinajstić information content (AvgIpc) is 2.45. The fraction of sp³-hybridized carbons (Fsp3) is 0.917. The van der Waals surface area contributed by atoms with Crippen LogP contribution < -0.4 is 0 Å². The number of carbonyl (C=O) groups is 1. The van der Waals surface area contributed by atoms with Gasteiger partial charge >= 0.3 is 5.97 Å². The van der Waals surface area contributed by atoms with E-state index in [-0.39, 0.29) is 6.04 Å². The van der Waals surface area contributed by atoms with Crippen LogP contribution in [0.1, 0.15) is 52.4 Å². The minimum Gasteiger partial charge on any atom is -0.480 e. The number of aliphatic carboxylic acids is 1. The lowest BCUT2D eigenvalue weighted by Crippen LogP contribution is -2.46. The highest BCUT2D eigenvalue weighted by molar-refractivity contribution is 5.73. The van der Waals surface area contributed by atoms with E-state index in [0.717, 1.165) is 38.6 Å². The maximum atomic E-state index is 11.2. The van der Waals surface area contributed by atoms with Crippen LogP contribution in [0.4, 0.5) is 0 Å². The van der Waals surface area contributed by atoms with Gasteiger partial charge in [0.2, 0.25) is 0 Å². The molecule has 1 unspecified atom stereocenters. The first-order chi connectivity index (χ1) is 7.20. The molecular weight excluding hydrogens is 190 g/mol. The Kier molecular flexibility index (Phi) is 5.09. The lowest BCUT2D eigenvalue weighted by molar-refractivity contribution is -0.144. The number of hydrogen-bond donors (Lipinski definition) is 1. The van der Waals surface area contributed by atoms with Gasteiger partial charge in [0.15, 0.2) is 0 Å². The van der Waals surface area contributed by atoms with Gasteiger partial charge in [0.25, 0.3) is 0 Å². The van der Waals surface area contributed by atoms with Crippen molar-refractivity contribution in [3.8, 4) is 0 Å². The Balaban J connectivity index is 2.73. The molecule has 0 aliphatic carbocycles. The number of nitrogens with zero attached hydrogens (tertiary/aromatic N) is 1. The normalized spacial score (nSPS) is 24.1. The summed E-state index contributed by atoms with van der Waals surface area (Å²) in [6.07, 6.45) is 6.33. The van der Waals surface area contributed by atoms with Crippen molar-refractivity contribution in [3.05, 3.63) is 0 Å². The van der Waals surface area contributed by atoms with Crippen LogP contribution in [0.2, 0.25) is 0 Å². The van der Waals surface area contributed by atoms with Gasteiger partial charge in [-0.05, 0) is 32.2 Å². The van der Waals surface area contributed by atoms with Gasteiger partial charge in [0.05, 0.1) is 0 Å². The molecule has 0 radical (unpaired) electrons. The van der Waals surface area contributed by atoms with E-state index in [4.69, 9.17) is 0 Å². The highest BCUT2D eigenvalue weighted by atomic mass is 16.4. The Labute approximate surface area is 92.5 Å². The van der Waals surface area contributed by atoms with Gasteiger partial charge in [-0.25, -0.2) is 0 Å². The van der Waals surface area contributed by atoms with Crippen LogP contribution in [0.3, 0.4) is 0 Å². The van der Waals surface area contributed by atoms with Gasteiger partial charge in [-0.1, -0.05) is 26.7 Å². The third kappa shape index (κ3) is 3.20. The predicted molar refractivity (Wildman–Crippen MR) is 61.0 cm³/mol. The fourth-order valence-corrected chi connectivity index (χ4v) is 2.59. The standard InChI is InChI=1S/C12H23NO2/c1-3-10(4-2)13-9-7-5-6-8-11(13)12(14)15/h10-11H,3-9H2,1-2H3,(H,14,15). The van der Waals surface area contributed by atoms with Crippen LogP contribution in [0, 0.1) is 0 Å². The van der Waals surface area contributed by atoms with Gasteiger partial charge in [0, 0.05) is 6.04 Å². The molecule has 1 atom stereocenters. The molecule has 3 heteroatoms. The van der Waals surface area contributed by atoms with Gasteiger partial charge in [0.1, 0.15) is 6.04 Å². The number of likely N-dealkylation sites (tertiary alicyclic amines) is 1. The van der Waals surface area contributed by atoms with Crippen molar-refractivity contribution in [2.45, 2.75) is 64.5 Å². The summed E-state index contributed by atoms with van der Waals surface area (Å²) in [6, 6.07) is 0.210. The second kappa shape index (κ2) is 6.11. The van der Waals surface area contributed by atoms with Crippen molar-refractivity contribution in [2.24, 2.45) is 0 Å². The maximum absolute atomic E-state index is 11.2. The highest BCUT2D eigenvalue weighted by Crippen LogP contribution is 2.22. The van der Waals surface area contributed by atoms with Gasteiger partial charge < -0.3 is 5.11 Å². The molecule has 0 amide bonds. The quantitative estimate of drug-likeness (QED) is 0.780. The van der Waals surface area contributed by atoms with Gasteiger partial charge in [-0.15, -0.1) is 0 Å². The predicted octanol–water partition coefficient (Wildman–Crippen LogP) is 2.50. The summed E-state index contributed by atoms with van der Waals surface area (Å²) in [7, 11) is 0. The number of carboxylic acids is 1. The van der Waals surface area contributed by atoms with Gasteiger partial charge in [-0.3, -0.25) is 9.69 Å². The van der Waals surface area contributed by atoms with Crippen LogP contribution in [0.5, 0.6) is 0 Å². The summed E-state index contributed by atoms with van der Waals surface area (Å²) in [5.74, 6) is -0.635. The first-order valence-corrected chi connectivity index (χ1v) is 6.19. The minimum absolute atomic E-state index is 0.239. The number of rotatable bonds is 4. The molecule has 0 aromatic carbocycles. The third-order valence-electron chi connectivity index (χ3n) is 3.49. The largest absolute Gasteiger partial charge is 0.480 e. The molecule has 3 nitrogen and oxygen atoms in total. The molecule has 0 aromatic heterocycles. The van der Waals surface area contributed by atoms with E-state index in [1.807, 2.05) is 0 Å². The van der Waals surface area contributed by atoms with Crippen molar-refractivity contribution < 1.29 is 9.90 Å². The number of hydrogen-bond acceptors (Lipinski definition) is 2. The zero-order valence-electron chi connectivity index (χ0n) is 9.91. The summed E-state index contributed by atoms with van der Waals surface area (Å²) in [6.45, 7) is 5.26. The monoisotopic (exact) mass is 213 g/mol. The third-order valence-corrected chi connectivity index (χ3v) is 3.49. The zero-order chi connectivity index (χ0) is 11.3. The average molecular weight is 213 g/mol. The Morgan fingerprint density at radius 3 is 2.53 bits per heavy atom. The smallest absolute Gasteiger partial charge is 0.320 e. The lowest BCUT2D eigenvalue weighted by Gasteiger charge is -2.33. The van der Waals surface area contributed by atoms with E-state index in [9.17, 15) is 9.90 Å². The van der Waals surface area contributed by atoms with E-state index in [2.05, 4.69) is 18.7 Å². The summed E-state index contributed by atoms with van der Waals surface area (Å²) >= 11 is 0. The van der Waals surface area contributed by atoms with E-state index in [1.165, 1.54) is 6.42 Å². The molecule has 88 valence electrons. The fourth-order valence-electron chi connectivity index (χ4n) is 2.59. The number of carboxylic acid groups (broad SMARTS) is 1. The Morgan fingerprint density at radius 2 is 2.00 bits per heavy atom. The molecule has 1 aliphatic heterocycles. The molecule has 0 bridgehead atoms. The van der Waals surface area contributed by atoms with Crippen molar-refractivity contribution in [1.29, 1.82) is 0 Å². The van der Waals surface area contributed by atoms with Crippen LogP contribution in [0.25, 0.3) is 0 Å². The van der Waals surface area contributed by atoms with E-state index in [0.29, 0.717) is 6.04 Å². The molecule has 0 spiro atoms. The summed E-state index contributed by atoms with van der Waals surface area (Å²) < 4.78 is 0. The highest BCUT2D eigenvalue weighted by Gasteiger charge is 2.30. The summed E-state index contributed by atoms with van der Waals surface area (Å²) in [4.78, 5) is 13.4. The van der Waals surface area contributed by atoms with Crippen molar-refractivity contribution in [3.63, 3.8) is 0 Å². The van der Waals surface area contributed by atoms with Crippen LogP contribution >= 0.6 is 0 Å². The SMILES string of the molecule is CCC(CC)N1CCCCCC1C(=O)O. The maximum Gasteiger partial charge on any atom is 0.320 e. The Morgan fingerprint density at radius 1 is 1.33 bits per heavy atom. The van der Waals surface area contributed by atoms with Crippen molar-refractivity contribution in [2.75, 3.05) is 6.54 Å². The summed E-state index contributed by atoms with van der Waals surface area (Å²) in [5, 5.41) is 9.23. The van der Waals surface area contributed by atoms with Crippen LogP contribution in [-0.2, 0) is 4.79 Å². The molecule has 1 heterocycles. The Bertz CT molecular complexity index is 202. The second-order valence-corrected chi connectivity index (χ2v) is 4.41. The van der Waals surface area contributed by atoms with Gasteiger partial charge in [-0.2, -0.15) is 0 Å². The minimum atomic E-state index is -0.635. The lowest BCUT2D eigenvalue weighted by atomic mass is 10.1. The molecule has 1 rings (SSSR count). The van der Waals surface area contributed by atoms with Crippen molar-refractivity contribution in [1.82, 2.24) is 4.90 Å². The first-order valence-electron chi connectivity index (χ1n) is 6.19. The second-order valence-electron chi connectivity index (χ2n) is 4.41. The van der Waals surface area contributed by atoms with E-state index >= 15 is 0 Å². The molecule has 1 fully saturated rings.